The molecule has 0 amide bonds. The predicted octanol–water partition coefficient (Wildman–Crippen LogP) is 2.00. The van der Waals surface area contributed by atoms with Gasteiger partial charge < -0.3 is 9.26 Å². The van der Waals surface area contributed by atoms with Crippen LogP contribution in [0.4, 0.5) is 4.39 Å². The van der Waals surface area contributed by atoms with Crippen LogP contribution in [-0.2, 0) is 17.8 Å². The van der Waals surface area contributed by atoms with Crippen LogP contribution < -0.4 is 0 Å². The lowest BCUT2D eigenvalue weighted by atomic mass is 10.2. The van der Waals surface area contributed by atoms with Crippen LogP contribution in [0.15, 0.2) is 28.9 Å². The van der Waals surface area contributed by atoms with E-state index in [1.165, 1.54) is 12.1 Å². The summed E-state index contributed by atoms with van der Waals surface area (Å²) < 4.78 is 25.3. The number of rotatable bonds is 5. The Morgan fingerprint density at radius 3 is 2.85 bits per heavy atom. The van der Waals surface area contributed by atoms with Crippen molar-refractivity contribution >= 4 is 11.6 Å². The molecular weight excluding hydrogens is 363 g/mol. The topological polar surface area (TPSA) is 82.1 Å². The van der Waals surface area contributed by atoms with Crippen molar-refractivity contribution in [1.82, 2.24) is 30.0 Å². The van der Waals surface area contributed by atoms with Gasteiger partial charge in [-0.3, -0.25) is 4.90 Å². The van der Waals surface area contributed by atoms with Crippen LogP contribution in [0, 0.1) is 5.82 Å². The summed E-state index contributed by atoms with van der Waals surface area (Å²) in [6.07, 6.45) is 1.69. The maximum Gasteiger partial charge on any atom is 0.280 e. The minimum absolute atomic E-state index is 0.310. The van der Waals surface area contributed by atoms with E-state index in [9.17, 15) is 4.39 Å². The summed E-state index contributed by atoms with van der Waals surface area (Å²) in [4.78, 5) is 6.57. The summed E-state index contributed by atoms with van der Waals surface area (Å²) in [7, 11) is 0. The van der Waals surface area contributed by atoms with Crippen LogP contribution in [0.1, 0.15) is 11.4 Å². The third kappa shape index (κ3) is 3.90. The molecule has 0 saturated carbocycles. The van der Waals surface area contributed by atoms with Gasteiger partial charge in [0.05, 0.1) is 32.5 Å². The van der Waals surface area contributed by atoms with Crippen molar-refractivity contribution in [3.05, 3.63) is 46.6 Å². The monoisotopic (exact) mass is 378 g/mol. The molecule has 0 bridgehead atoms. The first-order chi connectivity index (χ1) is 12.7. The number of ether oxygens (including phenoxy) is 1. The molecule has 0 aliphatic carbocycles. The molecule has 0 N–H and O–H groups in total. The van der Waals surface area contributed by atoms with Crippen molar-refractivity contribution in [2.75, 3.05) is 26.3 Å². The van der Waals surface area contributed by atoms with Crippen molar-refractivity contribution in [2.45, 2.75) is 13.1 Å². The molecule has 1 saturated heterocycles. The summed E-state index contributed by atoms with van der Waals surface area (Å²) in [6.45, 7) is 4.08. The zero-order valence-corrected chi connectivity index (χ0v) is 14.6. The van der Waals surface area contributed by atoms with Crippen LogP contribution in [-0.4, -0.2) is 56.3 Å². The Hall–Kier alpha value is -2.36. The normalized spacial score (nSPS) is 15.5. The molecule has 26 heavy (non-hydrogen) atoms. The van der Waals surface area contributed by atoms with Gasteiger partial charge in [0.25, 0.3) is 5.89 Å². The summed E-state index contributed by atoms with van der Waals surface area (Å²) in [5.41, 5.74) is 1.21. The van der Waals surface area contributed by atoms with Gasteiger partial charge in [-0.05, 0) is 17.7 Å². The van der Waals surface area contributed by atoms with Crippen LogP contribution in [0.3, 0.4) is 0 Å². The van der Waals surface area contributed by atoms with Gasteiger partial charge in [0.1, 0.15) is 5.82 Å². The molecule has 0 atom stereocenters. The Bertz CT molecular complexity index is 893. The molecule has 8 nitrogen and oxygen atoms in total. The highest BCUT2D eigenvalue weighted by molar-refractivity contribution is 6.31. The summed E-state index contributed by atoms with van der Waals surface area (Å²) in [5.74, 6) is 0.527. The van der Waals surface area contributed by atoms with E-state index in [1.54, 1.807) is 16.9 Å². The first-order valence-electron chi connectivity index (χ1n) is 8.14. The minimum atomic E-state index is -0.378. The number of morpholine rings is 1. The Morgan fingerprint density at radius 2 is 2.04 bits per heavy atom. The SMILES string of the molecule is Fc1ccc(Cn2cc(-c3nc(CN4CCOCC4)no3)nn2)c(Cl)c1. The summed E-state index contributed by atoms with van der Waals surface area (Å²) in [6, 6.07) is 4.24. The standard InChI is InChI=1S/C16H16ClFN6O2/c17-13-7-12(18)2-1-11(13)8-24-9-14(20-22-24)16-19-15(21-26-16)10-23-3-5-25-6-4-23/h1-2,7,9H,3-6,8,10H2. The van der Waals surface area contributed by atoms with E-state index in [2.05, 4.69) is 25.4 Å². The molecule has 2 aromatic heterocycles. The van der Waals surface area contributed by atoms with E-state index in [1.807, 2.05) is 0 Å². The van der Waals surface area contributed by atoms with Crippen molar-refractivity contribution < 1.29 is 13.7 Å². The second-order valence-corrected chi connectivity index (χ2v) is 6.35. The fourth-order valence-corrected chi connectivity index (χ4v) is 2.91. The lowest BCUT2D eigenvalue weighted by Crippen LogP contribution is -2.35. The van der Waals surface area contributed by atoms with Gasteiger partial charge >= 0.3 is 0 Å². The summed E-state index contributed by atoms with van der Waals surface area (Å²) >= 11 is 6.04. The molecule has 0 unspecified atom stereocenters. The van der Waals surface area contributed by atoms with E-state index < -0.39 is 0 Å². The molecule has 3 heterocycles. The highest BCUT2D eigenvalue weighted by Crippen LogP contribution is 2.19. The lowest BCUT2D eigenvalue weighted by molar-refractivity contribution is 0.0327. The van der Waals surface area contributed by atoms with Gasteiger partial charge in [0.15, 0.2) is 11.5 Å². The number of hydrogen-bond donors (Lipinski definition) is 0. The molecule has 1 aliphatic heterocycles. The van der Waals surface area contributed by atoms with Gasteiger partial charge in [-0.25, -0.2) is 9.07 Å². The van der Waals surface area contributed by atoms with E-state index in [0.29, 0.717) is 48.7 Å². The van der Waals surface area contributed by atoms with Crippen molar-refractivity contribution in [1.29, 1.82) is 0 Å². The molecule has 0 spiro atoms. The zero-order valence-electron chi connectivity index (χ0n) is 13.8. The Labute approximate surface area is 153 Å². The number of nitrogens with zero attached hydrogens (tertiary/aromatic N) is 6. The van der Waals surface area contributed by atoms with E-state index in [-0.39, 0.29) is 5.82 Å². The highest BCUT2D eigenvalue weighted by Gasteiger charge is 2.17. The first kappa shape index (κ1) is 17.1. The maximum atomic E-state index is 13.1. The highest BCUT2D eigenvalue weighted by atomic mass is 35.5. The number of aromatic nitrogens is 5. The average molecular weight is 379 g/mol. The van der Waals surface area contributed by atoms with Gasteiger partial charge in [-0.15, -0.1) is 5.10 Å². The van der Waals surface area contributed by atoms with Crippen LogP contribution in [0.5, 0.6) is 0 Å². The number of hydrogen-bond acceptors (Lipinski definition) is 7. The largest absolute Gasteiger partial charge is 0.379 e. The molecule has 3 aromatic rings. The third-order valence-electron chi connectivity index (χ3n) is 4.04. The maximum absolute atomic E-state index is 13.1. The Morgan fingerprint density at radius 1 is 1.19 bits per heavy atom. The molecule has 10 heteroatoms. The van der Waals surface area contributed by atoms with Gasteiger partial charge in [-0.1, -0.05) is 28.0 Å². The molecule has 136 valence electrons. The minimum Gasteiger partial charge on any atom is -0.379 e. The summed E-state index contributed by atoms with van der Waals surface area (Å²) in [5, 5.41) is 12.4. The zero-order chi connectivity index (χ0) is 17.9. The van der Waals surface area contributed by atoms with E-state index in [4.69, 9.17) is 20.9 Å². The fraction of sp³-hybridized carbons (Fsp3) is 0.375. The average Bonchev–Trinajstić information content (AvgIpc) is 3.28. The third-order valence-corrected chi connectivity index (χ3v) is 4.39. The molecule has 0 radical (unpaired) electrons. The second kappa shape index (κ2) is 7.48. The van der Waals surface area contributed by atoms with E-state index >= 15 is 0 Å². The van der Waals surface area contributed by atoms with Gasteiger partial charge in [-0.2, -0.15) is 4.98 Å². The molecule has 1 aliphatic rings. The van der Waals surface area contributed by atoms with Crippen LogP contribution in [0.25, 0.3) is 11.6 Å². The quantitative estimate of drug-likeness (QED) is 0.671. The molecule has 4 rings (SSSR count). The Kier molecular flexibility index (Phi) is 4.91. The molecule has 1 aromatic carbocycles. The molecular formula is C16H16ClFN6O2. The second-order valence-electron chi connectivity index (χ2n) is 5.94. The van der Waals surface area contributed by atoms with E-state index in [0.717, 1.165) is 18.7 Å². The van der Waals surface area contributed by atoms with Crippen molar-refractivity contribution in [3.63, 3.8) is 0 Å². The first-order valence-corrected chi connectivity index (χ1v) is 8.52. The molecule has 1 fully saturated rings. The smallest absolute Gasteiger partial charge is 0.280 e. The fourth-order valence-electron chi connectivity index (χ4n) is 2.68. The predicted molar refractivity (Wildman–Crippen MR) is 89.9 cm³/mol. The number of benzene rings is 1. The van der Waals surface area contributed by atoms with Gasteiger partial charge in [0, 0.05) is 18.1 Å². The van der Waals surface area contributed by atoms with Crippen molar-refractivity contribution in [2.24, 2.45) is 0 Å². The Balaban J connectivity index is 1.44. The van der Waals surface area contributed by atoms with Crippen molar-refractivity contribution in [3.8, 4) is 11.6 Å². The number of halogens is 2. The van der Waals surface area contributed by atoms with Gasteiger partial charge in [0.2, 0.25) is 0 Å². The lowest BCUT2D eigenvalue weighted by Gasteiger charge is -2.24. The van der Waals surface area contributed by atoms with Crippen LogP contribution >= 0.6 is 11.6 Å². The van der Waals surface area contributed by atoms with Crippen LogP contribution in [0.2, 0.25) is 5.02 Å².